The van der Waals surface area contributed by atoms with Gasteiger partial charge in [-0.2, -0.15) is 8.78 Å². The number of carbonyl (C=O) groups excluding carboxylic acids is 2. The van der Waals surface area contributed by atoms with E-state index in [9.17, 15) is 32.3 Å². The summed E-state index contributed by atoms with van der Waals surface area (Å²) in [4.78, 5) is 30.8. The SMILES string of the molecule is CO/N=C(\N)c1cc(F)c(CNC(=O)[C@@H]2CCN2C(=O)[C@H](O)c2cc(Cl)cc(OC(F)F)c2)c(F)c1. The number of amides is 2. The molecule has 2 aromatic carbocycles. The molecular weight excluding hydrogens is 512 g/mol. The Kier molecular flexibility index (Phi) is 8.58. The van der Waals surface area contributed by atoms with Crippen LogP contribution in [0.4, 0.5) is 17.6 Å². The lowest BCUT2D eigenvalue weighted by Crippen LogP contribution is -2.59. The summed E-state index contributed by atoms with van der Waals surface area (Å²) in [6.45, 7) is -3.55. The molecule has 2 aromatic rings. The Morgan fingerprint density at radius 2 is 1.92 bits per heavy atom. The predicted octanol–water partition coefficient (Wildman–Crippen LogP) is 2.44. The van der Waals surface area contributed by atoms with E-state index >= 15 is 0 Å². The fraction of sp³-hybridized carbons (Fsp3) is 0.318. The topological polar surface area (TPSA) is 126 Å². The maximum Gasteiger partial charge on any atom is 0.387 e. The summed E-state index contributed by atoms with van der Waals surface area (Å²) in [6.07, 6.45) is -1.59. The quantitative estimate of drug-likeness (QED) is 0.197. The molecule has 194 valence electrons. The van der Waals surface area contributed by atoms with Gasteiger partial charge in [-0.3, -0.25) is 9.59 Å². The number of alkyl halides is 2. The summed E-state index contributed by atoms with van der Waals surface area (Å²) in [7, 11) is 1.21. The fourth-order valence-electron chi connectivity index (χ4n) is 3.50. The number of halogens is 5. The number of carbonyl (C=O) groups is 2. The number of nitrogens with one attached hydrogen (secondary N) is 1. The smallest absolute Gasteiger partial charge is 0.387 e. The van der Waals surface area contributed by atoms with Crippen LogP contribution in [0.3, 0.4) is 0 Å². The minimum absolute atomic E-state index is 0.0572. The average Bonchev–Trinajstić information content (AvgIpc) is 2.76. The van der Waals surface area contributed by atoms with Crippen LogP contribution in [0.15, 0.2) is 35.5 Å². The molecule has 0 radical (unpaired) electrons. The number of ether oxygens (including phenoxy) is 1. The number of hydrogen-bond donors (Lipinski definition) is 3. The first-order chi connectivity index (χ1) is 17.0. The number of nitrogens with two attached hydrogens (primary N) is 1. The van der Waals surface area contributed by atoms with Crippen molar-refractivity contribution in [3.63, 3.8) is 0 Å². The third-order valence-corrected chi connectivity index (χ3v) is 5.56. The van der Waals surface area contributed by atoms with Gasteiger partial charge < -0.3 is 30.6 Å². The van der Waals surface area contributed by atoms with E-state index in [1.54, 1.807) is 0 Å². The highest BCUT2D eigenvalue weighted by Gasteiger charge is 2.40. The summed E-state index contributed by atoms with van der Waals surface area (Å²) < 4.78 is 58.0. The van der Waals surface area contributed by atoms with Crippen LogP contribution in [-0.4, -0.2) is 54.0 Å². The van der Waals surface area contributed by atoms with Crippen molar-refractivity contribution in [3.05, 3.63) is 63.7 Å². The molecule has 1 saturated heterocycles. The van der Waals surface area contributed by atoms with Crippen molar-refractivity contribution in [3.8, 4) is 5.75 Å². The van der Waals surface area contributed by atoms with Crippen molar-refractivity contribution in [2.24, 2.45) is 10.9 Å². The normalized spacial score (nSPS) is 16.4. The van der Waals surface area contributed by atoms with E-state index in [2.05, 4.69) is 20.0 Å². The monoisotopic (exact) mass is 532 g/mol. The van der Waals surface area contributed by atoms with Gasteiger partial charge in [0.25, 0.3) is 5.91 Å². The Balaban J connectivity index is 1.66. The van der Waals surface area contributed by atoms with Crippen molar-refractivity contribution in [2.45, 2.75) is 31.7 Å². The average molecular weight is 533 g/mol. The molecule has 1 aliphatic heterocycles. The molecule has 1 heterocycles. The zero-order valence-electron chi connectivity index (χ0n) is 18.7. The first-order valence-corrected chi connectivity index (χ1v) is 10.8. The highest BCUT2D eigenvalue weighted by atomic mass is 35.5. The Labute approximate surface area is 207 Å². The lowest BCUT2D eigenvalue weighted by Gasteiger charge is -2.40. The second kappa shape index (κ2) is 11.4. The van der Waals surface area contributed by atoms with Gasteiger partial charge in [0.15, 0.2) is 11.9 Å². The molecule has 0 spiro atoms. The molecule has 0 aliphatic carbocycles. The molecule has 1 fully saturated rings. The fourth-order valence-corrected chi connectivity index (χ4v) is 3.73. The summed E-state index contributed by atoms with van der Waals surface area (Å²) >= 11 is 5.85. The second-order valence-corrected chi connectivity index (χ2v) is 8.07. The van der Waals surface area contributed by atoms with Crippen LogP contribution < -0.4 is 15.8 Å². The molecule has 4 N–H and O–H groups in total. The Bertz CT molecular complexity index is 1160. The molecule has 1 aliphatic rings. The molecule has 2 amide bonds. The molecule has 2 atom stereocenters. The molecular formula is C22H21ClF4N4O5. The first-order valence-electron chi connectivity index (χ1n) is 10.4. The number of rotatable bonds is 9. The van der Waals surface area contributed by atoms with Crippen LogP contribution in [-0.2, 0) is 21.0 Å². The number of aliphatic hydroxyl groups is 1. The van der Waals surface area contributed by atoms with Gasteiger partial charge in [-0.15, -0.1) is 0 Å². The van der Waals surface area contributed by atoms with Crippen molar-refractivity contribution in [1.29, 1.82) is 0 Å². The second-order valence-electron chi connectivity index (χ2n) is 7.63. The van der Waals surface area contributed by atoms with E-state index in [-0.39, 0.29) is 40.7 Å². The van der Waals surface area contributed by atoms with Crippen molar-refractivity contribution < 1.29 is 41.8 Å². The summed E-state index contributed by atoms with van der Waals surface area (Å²) in [6, 6.07) is 4.13. The van der Waals surface area contributed by atoms with Crippen LogP contribution in [0.1, 0.15) is 29.2 Å². The van der Waals surface area contributed by atoms with E-state index in [1.807, 2.05) is 0 Å². The number of hydrogen-bond acceptors (Lipinski definition) is 6. The number of amidine groups is 1. The minimum atomic E-state index is -3.14. The maximum absolute atomic E-state index is 14.4. The number of benzene rings is 2. The van der Waals surface area contributed by atoms with E-state index in [0.717, 1.165) is 29.2 Å². The maximum atomic E-state index is 14.4. The Hall–Kier alpha value is -3.58. The van der Waals surface area contributed by atoms with Gasteiger partial charge >= 0.3 is 6.61 Å². The molecule has 14 heteroatoms. The lowest BCUT2D eigenvalue weighted by atomic mass is 9.98. The Morgan fingerprint density at radius 1 is 1.25 bits per heavy atom. The van der Waals surface area contributed by atoms with Gasteiger partial charge in [0.05, 0.1) is 0 Å². The molecule has 36 heavy (non-hydrogen) atoms. The third kappa shape index (κ3) is 6.15. The molecule has 0 saturated carbocycles. The van der Waals surface area contributed by atoms with Gasteiger partial charge in [0, 0.05) is 29.2 Å². The highest BCUT2D eigenvalue weighted by Crippen LogP contribution is 2.30. The van der Waals surface area contributed by atoms with Crippen LogP contribution in [0.25, 0.3) is 0 Å². The highest BCUT2D eigenvalue weighted by molar-refractivity contribution is 6.30. The largest absolute Gasteiger partial charge is 0.435 e. The van der Waals surface area contributed by atoms with Crippen molar-refractivity contribution in [1.82, 2.24) is 10.2 Å². The molecule has 0 unspecified atom stereocenters. The van der Waals surface area contributed by atoms with Crippen LogP contribution in [0, 0.1) is 11.6 Å². The number of likely N-dealkylation sites (tertiary alicyclic amines) is 1. The van der Waals surface area contributed by atoms with Crippen molar-refractivity contribution in [2.75, 3.05) is 13.7 Å². The number of aliphatic hydroxyl groups excluding tert-OH is 1. The first kappa shape index (κ1) is 27.0. The molecule has 9 nitrogen and oxygen atoms in total. The summed E-state index contributed by atoms with van der Waals surface area (Å²) in [5.41, 5.74) is 4.92. The summed E-state index contributed by atoms with van der Waals surface area (Å²) in [5, 5.41) is 16.1. The van der Waals surface area contributed by atoms with E-state index in [0.29, 0.717) is 0 Å². The minimum Gasteiger partial charge on any atom is -0.435 e. The number of oxime groups is 1. The van der Waals surface area contributed by atoms with Crippen LogP contribution >= 0.6 is 11.6 Å². The van der Waals surface area contributed by atoms with Gasteiger partial charge in [-0.1, -0.05) is 16.8 Å². The molecule has 0 bridgehead atoms. The van der Waals surface area contributed by atoms with Crippen molar-refractivity contribution >= 4 is 29.3 Å². The van der Waals surface area contributed by atoms with E-state index in [1.165, 1.54) is 13.2 Å². The zero-order chi connectivity index (χ0) is 26.6. The van der Waals surface area contributed by atoms with E-state index < -0.39 is 54.3 Å². The third-order valence-electron chi connectivity index (χ3n) is 5.34. The van der Waals surface area contributed by atoms with Gasteiger partial charge in [-0.05, 0) is 42.3 Å². The zero-order valence-corrected chi connectivity index (χ0v) is 19.4. The van der Waals surface area contributed by atoms with Gasteiger partial charge in [-0.25, -0.2) is 8.78 Å². The van der Waals surface area contributed by atoms with E-state index in [4.69, 9.17) is 17.3 Å². The van der Waals surface area contributed by atoms with Gasteiger partial charge in [0.2, 0.25) is 5.91 Å². The number of nitrogens with zero attached hydrogens (tertiary/aromatic N) is 2. The van der Waals surface area contributed by atoms with Gasteiger partial charge in [0.1, 0.15) is 30.5 Å². The molecule has 3 rings (SSSR count). The summed E-state index contributed by atoms with van der Waals surface area (Å²) in [5.74, 6) is -4.18. The molecule has 0 aromatic heterocycles. The standard InChI is InChI=1S/C22H21ClF4N4O5/c1-35-30-19(28)11-6-15(24)14(16(25)7-11)9-29-20(33)17-2-3-31(17)21(34)18(32)10-4-12(23)8-13(5-10)36-22(26)27/h4-8,17-18,22,32H,2-3,9H2,1H3,(H2,28,30)(H,29,33)/t17-,18+/m0/s1. The Morgan fingerprint density at radius 3 is 2.47 bits per heavy atom. The van der Waals surface area contributed by atoms with Crippen LogP contribution in [0.2, 0.25) is 5.02 Å². The lowest BCUT2D eigenvalue weighted by molar-refractivity contribution is -0.154. The van der Waals surface area contributed by atoms with Crippen LogP contribution in [0.5, 0.6) is 5.75 Å². The predicted molar refractivity (Wildman–Crippen MR) is 119 cm³/mol.